The number of fused-ring (bicyclic) bond motifs is 1. The van der Waals surface area contributed by atoms with Crippen LogP contribution in [0.15, 0.2) is 40.8 Å². The maximum absolute atomic E-state index is 13.1. The molecule has 1 aromatic carbocycles. The van der Waals surface area contributed by atoms with Crippen LogP contribution in [-0.2, 0) is 16.1 Å². The predicted molar refractivity (Wildman–Crippen MR) is 117 cm³/mol. The summed E-state index contributed by atoms with van der Waals surface area (Å²) >= 11 is 1.44. The van der Waals surface area contributed by atoms with E-state index in [9.17, 15) is 14.4 Å². The lowest BCUT2D eigenvalue weighted by atomic mass is 10.1. The van der Waals surface area contributed by atoms with E-state index in [2.05, 4.69) is 15.6 Å². The minimum atomic E-state index is -0.498. The molecule has 3 aromatic rings. The number of thiophene rings is 1. The molecule has 2 N–H and O–H groups in total. The summed E-state index contributed by atoms with van der Waals surface area (Å²) < 4.78 is 1.47. The van der Waals surface area contributed by atoms with Crippen molar-refractivity contribution in [3.05, 3.63) is 51.9 Å². The van der Waals surface area contributed by atoms with Crippen LogP contribution in [0.4, 0.5) is 0 Å². The van der Waals surface area contributed by atoms with Gasteiger partial charge in [-0.1, -0.05) is 29.8 Å². The van der Waals surface area contributed by atoms with Gasteiger partial charge in [-0.3, -0.25) is 19.0 Å². The highest BCUT2D eigenvalue weighted by atomic mass is 32.1. The number of carbonyl (C=O) groups excluding carboxylic acids is 2. The summed E-state index contributed by atoms with van der Waals surface area (Å²) in [6, 6.07) is 7.53. The second-order valence-electron chi connectivity index (χ2n) is 7.60. The van der Waals surface area contributed by atoms with Crippen molar-refractivity contribution in [2.45, 2.75) is 45.2 Å². The molecule has 0 bridgehead atoms. The van der Waals surface area contributed by atoms with Gasteiger partial charge in [-0.15, -0.1) is 11.3 Å². The van der Waals surface area contributed by atoms with Crippen molar-refractivity contribution in [3.63, 3.8) is 0 Å². The molecule has 1 aliphatic heterocycles. The maximum atomic E-state index is 13.1. The quantitative estimate of drug-likeness (QED) is 0.658. The number of hydrogen-bond donors (Lipinski definition) is 2. The minimum absolute atomic E-state index is 0.112. The molecule has 0 aliphatic carbocycles. The summed E-state index contributed by atoms with van der Waals surface area (Å²) in [5.74, 6) is -0.379. The van der Waals surface area contributed by atoms with E-state index in [1.807, 2.05) is 36.6 Å². The number of aromatic nitrogens is 2. The fourth-order valence-corrected chi connectivity index (χ4v) is 4.54. The summed E-state index contributed by atoms with van der Waals surface area (Å²) in [4.78, 5) is 42.5. The van der Waals surface area contributed by atoms with Crippen LogP contribution in [0, 0.1) is 6.92 Å². The first-order valence-corrected chi connectivity index (χ1v) is 11.0. The Hall–Kier alpha value is -3.00. The van der Waals surface area contributed by atoms with Crippen LogP contribution >= 0.6 is 11.3 Å². The van der Waals surface area contributed by atoms with Gasteiger partial charge in [0.1, 0.15) is 10.9 Å². The molecule has 0 saturated carbocycles. The van der Waals surface area contributed by atoms with E-state index in [1.165, 1.54) is 22.2 Å². The van der Waals surface area contributed by atoms with Gasteiger partial charge in [0.05, 0.1) is 11.7 Å². The maximum Gasteiger partial charge on any atom is 0.262 e. The summed E-state index contributed by atoms with van der Waals surface area (Å²) in [6.45, 7) is 2.88. The second kappa shape index (κ2) is 8.79. The molecule has 1 unspecified atom stereocenters. The number of rotatable bonds is 5. The van der Waals surface area contributed by atoms with E-state index in [1.54, 1.807) is 0 Å². The Labute approximate surface area is 178 Å². The Morgan fingerprint density at radius 1 is 1.27 bits per heavy atom. The SMILES string of the molecule is Cc1ccc(-c2csc3ncn(CCC(=O)NC4CCCCNC4=O)c(=O)c23)cc1. The van der Waals surface area contributed by atoms with Gasteiger partial charge in [0.25, 0.3) is 5.56 Å². The Morgan fingerprint density at radius 3 is 2.87 bits per heavy atom. The fraction of sp³-hybridized carbons (Fsp3) is 0.364. The molecule has 3 heterocycles. The summed E-state index contributed by atoms with van der Waals surface area (Å²) in [6.07, 6.45) is 4.05. The molecular formula is C22H24N4O3S. The molecule has 1 saturated heterocycles. The largest absolute Gasteiger partial charge is 0.354 e. The van der Waals surface area contributed by atoms with Crippen molar-refractivity contribution in [3.8, 4) is 11.1 Å². The summed E-state index contributed by atoms with van der Waals surface area (Å²) in [5, 5.41) is 8.12. The van der Waals surface area contributed by atoms with Crippen molar-refractivity contribution in [1.29, 1.82) is 0 Å². The van der Waals surface area contributed by atoms with Gasteiger partial charge in [-0.05, 0) is 31.7 Å². The van der Waals surface area contributed by atoms with Crippen LogP contribution in [0.5, 0.6) is 0 Å². The summed E-state index contributed by atoms with van der Waals surface area (Å²) in [7, 11) is 0. The number of carbonyl (C=O) groups is 2. The number of hydrogen-bond acceptors (Lipinski definition) is 5. The third kappa shape index (κ3) is 4.28. The molecule has 1 atom stereocenters. The fourth-order valence-electron chi connectivity index (χ4n) is 3.64. The Morgan fingerprint density at radius 2 is 2.07 bits per heavy atom. The third-order valence-corrected chi connectivity index (χ3v) is 6.26. The molecule has 7 nitrogen and oxygen atoms in total. The molecular weight excluding hydrogens is 400 g/mol. The number of aryl methyl sites for hydroxylation is 2. The van der Waals surface area contributed by atoms with E-state index in [0.717, 1.165) is 29.5 Å². The van der Waals surface area contributed by atoms with E-state index < -0.39 is 6.04 Å². The van der Waals surface area contributed by atoms with Crippen LogP contribution in [0.25, 0.3) is 21.3 Å². The highest BCUT2D eigenvalue weighted by Crippen LogP contribution is 2.30. The topological polar surface area (TPSA) is 93.1 Å². The predicted octanol–water partition coefficient (Wildman–Crippen LogP) is 2.61. The van der Waals surface area contributed by atoms with Gasteiger partial charge in [-0.2, -0.15) is 0 Å². The minimum Gasteiger partial charge on any atom is -0.354 e. The summed E-state index contributed by atoms with van der Waals surface area (Å²) in [5.41, 5.74) is 2.83. The normalized spacial score (nSPS) is 16.8. The molecule has 0 spiro atoms. The monoisotopic (exact) mass is 424 g/mol. The van der Waals surface area contributed by atoms with Crippen LogP contribution in [0.2, 0.25) is 0 Å². The molecule has 0 radical (unpaired) electrons. The van der Waals surface area contributed by atoms with Crippen molar-refractivity contribution < 1.29 is 9.59 Å². The molecule has 1 fully saturated rings. The van der Waals surface area contributed by atoms with Gasteiger partial charge >= 0.3 is 0 Å². The molecule has 2 aromatic heterocycles. The van der Waals surface area contributed by atoms with Crippen molar-refractivity contribution >= 4 is 33.4 Å². The van der Waals surface area contributed by atoms with Gasteiger partial charge < -0.3 is 10.6 Å². The lowest BCUT2D eigenvalue weighted by Gasteiger charge is -2.15. The highest BCUT2D eigenvalue weighted by Gasteiger charge is 2.22. The van der Waals surface area contributed by atoms with Gasteiger partial charge in [-0.25, -0.2) is 4.98 Å². The Kier molecular flexibility index (Phi) is 5.94. The van der Waals surface area contributed by atoms with E-state index >= 15 is 0 Å². The molecule has 8 heteroatoms. The van der Waals surface area contributed by atoms with Crippen molar-refractivity contribution in [2.24, 2.45) is 0 Å². The Bertz CT molecular complexity index is 1130. The molecule has 156 valence electrons. The molecule has 30 heavy (non-hydrogen) atoms. The smallest absolute Gasteiger partial charge is 0.262 e. The molecule has 2 amide bonds. The van der Waals surface area contributed by atoms with E-state index in [4.69, 9.17) is 0 Å². The highest BCUT2D eigenvalue weighted by molar-refractivity contribution is 7.17. The number of nitrogens with zero attached hydrogens (tertiary/aromatic N) is 2. The van der Waals surface area contributed by atoms with Gasteiger partial charge in [0, 0.05) is 30.5 Å². The first-order chi connectivity index (χ1) is 14.5. The van der Waals surface area contributed by atoms with Gasteiger partial charge in [0.15, 0.2) is 0 Å². The lowest BCUT2D eigenvalue weighted by molar-refractivity contribution is -0.128. The molecule has 4 rings (SSSR count). The van der Waals surface area contributed by atoms with Crippen LogP contribution in [0.3, 0.4) is 0 Å². The van der Waals surface area contributed by atoms with Crippen LogP contribution < -0.4 is 16.2 Å². The second-order valence-corrected chi connectivity index (χ2v) is 8.45. The standard InChI is InChI=1S/C22H24N4O3S/c1-14-5-7-15(8-6-14)16-12-30-21-19(16)22(29)26(13-24-21)11-9-18(27)25-17-4-2-3-10-23-20(17)28/h5-8,12-13,17H,2-4,9-11H2,1H3,(H,23,28)(H,25,27). The van der Waals surface area contributed by atoms with E-state index in [0.29, 0.717) is 23.2 Å². The first kappa shape index (κ1) is 20.3. The zero-order chi connectivity index (χ0) is 21.1. The van der Waals surface area contributed by atoms with Crippen LogP contribution in [0.1, 0.15) is 31.2 Å². The van der Waals surface area contributed by atoms with Crippen molar-refractivity contribution in [1.82, 2.24) is 20.2 Å². The third-order valence-electron chi connectivity index (χ3n) is 5.37. The molecule has 1 aliphatic rings. The van der Waals surface area contributed by atoms with E-state index in [-0.39, 0.29) is 30.3 Å². The Balaban J connectivity index is 1.50. The zero-order valence-corrected chi connectivity index (χ0v) is 17.6. The number of nitrogens with one attached hydrogen (secondary N) is 2. The number of amides is 2. The number of benzene rings is 1. The average molecular weight is 425 g/mol. The van der Waals surface area contributed by atoms with Crippen LogP contribution in [-0.4, -0.2) is 34.0 Å². The average Bonchev–Trinajstić information content (AvgIpc) is 3.07. The van der Waals surface area contributed by atoms with Gasteiger partial charge in [0.2, 0.25) is 11.8 Å². The lowest BCUT2D eigenvalue weighted by Crippen LogP contribution is -2.45. The van der Waals surface area contributed by atoms with Crippen molar-refractivity contribution in [2.75, 3.05) is 6.54 Å². The first-order valence-electron chi connectivity index (χ1n) is 10.1. The zero-order valence-electron chi connectivity index (χ0n) is 16.8.